The maximum Gasteiger partial charge on any atom is 0.409 e. The van der Waals surface area contributed by atoms with Gasteiger partial charge in [0.15, 0.2) is 0 Å². The van der Waals surface area contributed by atoms with Crippen LogP contribution in [0.1, 0.15) is 45.1 Å². The third kappa shape index (κ3) is 3.72. The van der Waals surface area contributed by atoms with Crippen molar-refractivity contribution in [1.82, 2.24) is 9.80 Å². The van der Waals surface area contributed by atoms with Crippen molar-refractivity contribution >= 4 is 17.7 Å². The van der Waals surface area contributed by atoms with E-state index in [0.29, 0.717) is 25.7 Å². The van der Waals surface area contributed by atoms with Gasteiger partial charge in [0.1, 0.15) is 5.82 Å². The Balaban J connectivity index is 1.49. The molecule has 0 N–H and O–H groups in total. The van der Waals surface area contributed by atoms with Gasteiger partial charge in [0, 0.05) is 43.7 Å². The summed E-state index contributed by atoms with van der Waals surface area (Å²) in [5.74, 6) is -0.229. The Morgan fingerprint density at radius 2 is 2.07 bits per heavy atom. The van der Waals surface area contributed by atoms with Crippen LogP contribution >= 0.6 is 0 Å². The van der Waals surface area contributed by atoms with Crippen LogP contribution < -0.4 is 4.90 Å². The highest BCUT2D eigenvalue weighted by molar-refractivity contribution is 5.94. The van der Waals surface area contributed by atoms with Crippen molar-refractivity contribution in [3.05, 3.63) is 29.6 Å². The van der Waals surface area contributed by atoms with Crippen LogP contribution in [0.4, 0.5) is 14.9 Å². The predicted molar refractivity (Wildman–Crippen MR) is 109 cm³/mol. The second-order valence-corrected chi connectivity index (χ2v) is 8.52. The van der Waals surface area contributed by atoms with E-state index in [1.165, 1.54) is 6.07 Å². The molecule has 0 radical (unpaired) electrons. The lowest BCUT2D eigenvalue weighted by Gasteiger charge is -2.30. The topological polar surface area (TPSA) is 53.1 Å². The van der Waals surface area contributed by atoms with Crippen LogP contribution in [-0.2, 0) is 14.9 Å². The van der Waals surface area contributed by atoms with Crippen LogP contribution in [0, 0.1) is 5.82 Å². The lowest BCUT2D eigenvalue weighted by atomic mass is 9.76. The molecule has 1 aromatic carbocycles. The van der Waals surface area contributed by atoms with E-state index in [-0.39, 0.29) is 23.2 Å². The van der Waals surface area contributed by atoms with Crippen molar-refractivity contribution in [1.29, 1.82) is 0 Å². The maximum atomic E-state index is 14.1. The molecule has 2 saturated heterocycles. The Bertz CT molecular complexity index is 802. The minimum atomic E-state index is -0.240. The molecule has 1 aromatic rings. The average Bonchev–Trinajstić information content (AvgIpc) is 3.22. The van der Waals surface area contributed by atoms with Crippen LogP contribution in [0.5, 0.6) is 0 Å². The van der Waals surface area contributed by atoms with Gasteiger partial charge in [-0.3, -0.25) is 9.69 Å². The number of benzene rings is 1. The van der Waals surface area contributed by atoms with Gasteiger partial charge in [0.05, 0.1) is 6.61 Å². The number of nitrogens with zero attached hydrogens (tertiary/aromatic N) is 3. The zero-order valence-electron chi connectivity index (χ0n) is 17.3. The fourth-order valence-corrected chi connectivity index (χ4v) is 5.35. The molecular formula is C22H30FN3O3. The Morgan fingerprint density at radius 3 is 2.83 bits per heavy atom. The number of fused-ring (bicyclic) bond motifs is 2. The van der Waals surface area contributed by atoms with E-state index in [9.17, 15) is 14.0 Å². The number of likely N-dealkylation sites (tertiary alicyclic amines) is 2. The molecule has 0 bridgehead atoms. The molecule has 1 spiro atoms. The normalized spacial score (nSPS) is 27.2. The molecule has 3 heterocycles. The molecule has 4 rings (SSSR count). The van der Waals surface area contributed by atoms with Crippen molar-refractivity contribution < 1.29 is 18.7 Å². The number of rotatable bonds is 2. The van der Waals surface area contributed by atoms with Gasteiger partial charge in [-0.2, -0.15) is 0 Å². The minimum Gasteiger partial charge on any atom is -0.450 e. The first kappa shape index (κ1) is 20.1. The summed E-state index contributed by atoms with van der Waals surface area (Å²) in [7, 11) is 0. The SMILES string of the molecule is CCOC(=O)N1CCC(N2CCCC3(CC2)CN(C(C)=O)c2ccc(F)cc23)C1. The summed E-state index contributed by atoms with van der Waals surface area (Å²) >= 11 is 0. The van der Waals surface area contributed by atoms with Crippen LogP contribution in [0.15, 0.2) is 18.2 Å². The first-order valence-electron chi connectivity index (χ1n) is 10.7. The lowest BCUT2D eigenvalue weighted by molar-refractivity contribution is -0.116. The fraction of sp³-hybridized carbons (Fsp3) is 0.636. The van der Waals surface area contributed by atoms with Gasteiger partial charge >= 0.3 is 6.09 Å². The quantitative estimate of drug-likeness (QED) is 0.761. The standard InChI is InChI=1S/C22H30FN3O3/c1-3-29-21(28)25-11-7-18(14-25)24-10-4-8-22(9-12-24)15-26(16(2)27)20-6-5-17(23)13-19(20)22/h5-6,13,18H,3-4,7-12,14-15H2,1-2H3. The van der Waals surface area contributed by atoms with Crippen molar-refractivity contribution in [3.8, 4) is 0 Å². The van der Waals surface area contributed by atoms with Crippen LogP contribution in [-0.4, -0.2) is 67.2 Å². The maximum absolute atomic E-state index is 14.1. The summed E-state index contributed by atoms with van der Waals surface area (Å²) in [6.07, 6.45) is 3.56. The highest BCUT2D eigenvalue weighted by Crippen LogP contribution is 2.47. The summed E-state index contributed by atoms with van der Waals surface area (Å²) in [4.78, 5) is 30.3. The molecule has 2 fully saturated rings. The minimum absolute atomic E-state index is 0.0108. The van der Waals surface area contributed by atoms with Gasteiger partial charge in [-0.25, -0.2) is 9.18 Å². The van der Waals surface area contributed by atoms with Crippen LogP contribution in [0.25, 0.3) is 0 Å². The third-order valence-corrected chi connectivity index (χ3v) is 6.85. The van der Waals surface area contributed by atoms with Crippen molar-refractivity contribution in [2.75, 3.05) is 44.2 Å². The monoisotopic (exact) mass is 403 g/mol. The van der Waals surface area contributed by atoms with Crippen LogP contribution in [0.3, 0.4) is 0 Å². The van der Waals surface area contributed by atoms with Crippen molar-refractivity contribution in [2.24, 2.45) is 0 Å². The van der Waals surface area contributed by atoms with E-state index in [0.717, 1.165) is 56.6 Å². The number of ether oxygens (including phenoxy) is 1. The smallest absolute Gasteiger partial charge is 0.409 e. The number of amides is 2. The zero-order valence-corrected chi connectivity index (χ0v) is 17.3. The molecule has 3 aliphatic heterocycles. The van der Waals surface area contributed by atoms with Gasteiger partial charge in [0.2, 0.25) is 5.91 Å². The lowest BCUT2D eigenvalue weighted by Crippen LogP contribution is -2.41. The number of hydrogen-bond donors (Lipinski definition) is 0. The molecule has 29 heavy (non-hydrogen) atoms. The van der Waals surface area contributed by atoms with Gasteiger partial charge in [-0.05, 0) is 69.5 Å². The molecule has 3 aliphatic rings. The van der Waals surface area contributed by atoms with Gasteiger partial charge in [-0.1, -0.05) is 0 Å². The number of halogens is 1. The highest BCUT2D eigenvalue weighted by Gasteiger charge is 2.45. The number of carbonyl (C=O) groups is 2. The molecule has 2 amide bonds. The molecule has 7 heteroatoms. The fourth-order valence-electron chi connectivity index (χ4n) is 5.35. The zero-order chi connectivity index (χ0) is 20.6. The molecular weight excluding hydrogens is 373 g/mol. The molecule has 158 valence electrons. The Hall–Kier alpha value is -2.15. The van der Waals surface area contributed by atoms with E-state index in [4.69, 9.17) is 4.74 Å². The van der Waals surface area contributed by atoms with Crippen molar-refractivity contribution in [2.45, 2.75) is 51.0 Å². The van der Waals surface area contributed by atoms with E-state index < -0.39 is 0 Å². The molecule has 6 nitrogen and oxygen atoms in total. The van der Waals surface area contributed by atoms with Crippen molar-refractivity contribution in [3.63, 3.8) is 0 Å². The van der Waals surface area contributed by atoms with E-state index in [1.807, 2.05) is 11.8 Å². The summed E-state index contributed by atoms with van der Waals surface area (Å²) in [5, 5.41) is 0. The van der Waals surface area contributed by atoms with Gasteiger partial charge < -0.3 is 14.5 Å². The molecule has 0 aromatic heterocycles. The molecule has 2 unspecified atom stereocenters. The summed E-state index contributed by atoms with van der Waals surface area (Å²) in [6, 6.07) is 5.16. The average molecular weight is 403 g/mol. The van der Waals surface area contributed by atoms with Crippen LogP contribution in [0.2, 0.25) is 0 Å². The molecule has 0 aliphatic carbocycles. The number of hydrogen-bond acceptors (Lipinski definition) is 4. The summed E-state index contributed by atoms with van der Waals surface area (Å²) < 4.78 is 19.2. The Kier molecular flexibility index (Phi) is 5.51. The predicted octanol–water partition coefficient (Wildman–Crippen LogP) is 3.15. The third-order valence-electron chi connectivity index (χ3n) is 6.85. The first-order chi connectivity index (χ1) is 13.9. The second kappa shape index (κ2) is 7.94. The number of carbonyl (C=O) groups excluding carboxylic acids is 2. The van der Waals surface area contributed by atoms with E-state index >= 15 is 0 Å². The van der Waals surface area contributed by atoms with Gasteiger partial charge in [-0.15, -0.1) is 0 Å². The number of anilines is 1. The van der Waals surface area contributed by atoms with E-state index in [1.54, 1.807) is 24.0 Å². The highest BCUT2D eigenvalue weighted by atomic mass is 19.1. The van der Waals surface area contributed by atoms with Gasteiger partial charge in [0.25, 0.3) is 0 Å². The molecule has 0 saturated carbocycles. The first-order valence-corrected chi connectivity index (χ1v) is 10.7. The largest absolute Gasteiger partial charge is 0.450 e. The molecule has 2 atom stereocenters. The Morgan fingerprint density at radius 1 is 1.24 bits per heavy atom. The Labute approximate surface area is 171 Å². The van der Waals surface area contributed by atoms with E-state index in [2.05, 4.69) is 4.90 Å². The summed E-state index contributed by atoms with van der Waals surface area (Å²) in [5.41, 5.74) is 1.66. The summed E-state index contributed by atoms with van der Waals surface area (Å²) in [6.45, 7) is 7.73. The second-order valence-electron chi connectivity index (χ2n) is 8.52.